The van der Waals surface area contributed by atoms with Crippen molar-refractivity contribution in [2.45, 2.75) is 26.3 Å². The first kappa shape index (κ1) is 15.4. The van der Waals surface area contributed by atoms with Gasteiger partial charge in [0.05, 0.1) is 18.8 Å². The molecule has 0 saturated carbocycles. The van der Waals surface area contributed by atoms with Gasteiger partial charge in [0.2, 0.25) is 0 Å². The first-order valence-electron chi connectivity index (χ1n) is 6.95. The Balaban J connectivity index is 2.32. The summed E-state index contributed by atoms with van der Waals surface area (Å²) in [5.41, 5.74) is 5.38. The Morgan fingerprint density at radius 2 is 2.14 bits per heavy atom. The first-order valence-corrected chi connectivity index (χ1v) is 6.95. The monoisotopic (exact) mass is 289 g/mol. The van der Waals surface area contributed by atoms with Gasteiger partial charge in [-0.25, -0.2) is 9.82 Å². The number of hydrogen-bond donors (Lipinski definition) is 2. The average Bonchev–Trinajstić information content (AvgIpc) is 2.48. The Morgan fingerprint density at radius 1 is 1.33 bits per heavy atom. The van der Waals surface area contributed by atoms with E-state index in [9.17, 15) is 4.39 Å². The summed E-state index contributed by atoms with van der Waals surface area (Å²) in [6.07, 6.45) is 4.33. The second-order valence-corrected chi connectivity index (χ2v) is 4.90. The van der Waals surface area contributed by atoms with Crippen molar-refractivity contribution in [2.75, 3.05) is 6.61 Å². The minimum Gasteiger partial charge on any atom is -0.492 e. The fourth-order valence-corrected chi connectivity index (χ4v) is 2.22. The van der Waals surface area contributed by atoms with Crippen LogP contribution >= 0.6 is 0 Å². The van der Waals surface area contributed by atoms with Gasteiger partial charge in [-0.2, -0.15) is 0 Å². The van der Waals surface area contributed by atoms with Crippen LogP contribution in [-0.2, 0) is 0 Å². The van der Waals surface area contributed by atoms with Crippen LogP contribution in [0.1, 0.15) is 36.1 Å². The van der Waals surface area contributed by atoms with Crippen molar-refractivity contribution >= 4 is 0 Å². The minimum atomic E-state index is -0.261. The molecule has 0 saturated heterocycles. The Kier molecular flexibility index (Phi) is 5.25. The molecule has 5 heteroatoms. The molecular weight excluding hydrogens is 269 g/mol. The van der Waals surface area contributed by atoms with Gasteiger partial charge in [0.1, 0.15) is 11.6 Å². The molecule has 1 heterocycles. The van der Waals surface area contributed by atoms with E-state index in [0.717, 1.165) is 23.1 Å². The topological polar surface area (TPSA) is 60.2 Å². The van der Waals surface area contributed by atoms with Crippen LogP contribution in [0.4, 0.5) is 4.39 Å². The van der Waals surface area contributed by atoms with Gasteiger partial charge in [-0.1, -0.05) is 13.0 Å². The van der Waals surface area contributed by atoms with Crippen LogP contribution in [0.3, 0.4) is 0 Å². The molecule has 0 amide bonds. The third kappa shape index (κ3) is 3.77. The lowest BCUT2D eigenvalue weighted by atomic mass is 9.96. The molecule has 0 aliphatic carbocycles. The molecule has 4 nitrogen and oxygen atoms in total. The standard InChI is InChI=1S/C16H20FN3O/c1-3-6-21-14-8-12(9-19-10-14)16(20-18)15-5-4-13(17)7-11(15)2/h4-5,7-10,16,20H,3,6,18H2,1-2H3. The van der Waals surface area contributed by atoms with Gasteiger partial charge in [-0.15, -0.1) is 0 Å². The fourth-order valence-electron chi connectivity index (χ4n) is 2.22. The van der Waals surface area contributed by atoms with E-state index in [2.05, 4.69) is 10.4 Å². The Bertz CT molecular complexity index is 604. The molecule has 0 aliphatic heterocycles. The summed E-state index contributed by atoms with van der Waals surface area (Å²) >= 11 is 0. The van der Waals surface area contributed by atoms with Crippen molar-refractivity contribution in [3.63, 3.8) is 0 Å². The van der Waals surface area contributed by atoms with E-state index in [1.165, 1.54) is 12.1 Å². The van der Waals surface area contributed by atoms with Crippen LogP contribution in [0, 0.1) is 12.7 Å². The van der Waals surface area contributed by atoms with Gasteiger partial charge in [0.25, 0.3) is 0 Å². The van der Waals surface area contributed by atoms with Gasteiger partial charge >= 0.3 is 0 Å². The number of pyridine rings is 1. The van der Waals surface area contributed by atoms with Crippen LogP contribution < -0.4 is 16.0 Å². The highest BCUT2D eigenvalue weighted by Gasteiger charge is 2.16. The van der Waals surface area contributed by atoms with E-state index in [0.29, 0.717) is 12.4 Å². The molecule has 1 unspecified atom stereocenters. The number of benzene rings is 1. The maximum absolute atomic E-state index is 13.2. The number of nitrogens with zero attached hydrogens (tertiary/aromatic N) is 1. The van der Waals surface area contributed by atoms with Crippen molar-refractivity contribution < 1.29 is 9.13 Å². The van der Waals surface area contributed by atoms with Crippen molar-refractivity contribution in [1.29, 1.82) is 0 Å². The maximum atomic E-state index is 13.2. The molecule has 2 aromatic rings. The van der Waals surface area contributed by atoms with Gasteiger partial charge in [-0.05, 0) is 48.2 Å². The molecule has 0 radical (unpaired) electrons. The van der Waals surface area contributed by atoms with Gasteiger partial charge in [0, 0.05) is 6.20 Å². The first-order chi connectivity index (χ1) is 10.2. The fraction of sp³-hybridized carbons (Fsp3) is 0.312. The number of nitrogens with one attached hydrogen (secondary N) is 1. The number of nitrogens with two attached hydrogens (primary N) is 1. The van der Waals surface area contributed by atoms with E-state index in [4.69, 9.17) is 10.6 Å². The molecular formula is C16H20FN3O. The molecule has 0 spiro atoms. The van der Waals surface area contributed by atoms with Crippen molar-refractivity contribution in [3.8, 4) is 5.75 Å². The summed E-state index contributed by atoms with van der Waals surface area (Å²) in [6, 6.07) is 6.29. The molecule has 112 valence electrons. The molecule has 1 aromatic heterocycles. The zero-order valence-corrected chi connectivity index (χ0v) is 12.3. The summed E-state index contributed by atoms with van der Waals surface area (Å²) in [5, 5.41) is 0. The zero-order valence-electron chi connectivity index (χ0n) is 12.3. The Hall–Kier alpha value is -1.98. The van der Waals surface area contributed by atoms with Crippen molar-refractivity contribution in [1.82, 2.24) is 10.4 Å². The second-order valence-electron chi connectivity index (χ2n) is 4.90. The number of hydrazine groups is 1. The number of rotatable bonds is 6. The van der Waals surface area contributed by atoms with Crippen LogP contribution in [-0.4, -0.2) is 11.6 Å². The van der Waals surface area contributed by atoms with Crippen LogP contribution in [0.2, 0.25) is 0 Å². The van der Waals surface area contributed by atoms with Crippen LogP contribution in [0.5, 0.6) is 5.75 Å². The quantitative estimate of drug-likeness (QED) is 0.634. The lowest BCUT2D eigenvalue weighted by molar-refractivity contribution is 0.315. The van der Waals surface area contributed by atoms with E-state index in [-0.39, 0.29) is 11.9 Å². The van der Waals surface area contributed by atoms with Crippen molar-refractivity contribution in [3.05, 3.63) is 59.2 Å². The summed E-state index contributed by atoms with van der Waals surface area (Å²) in [4.78, 5) is 4.18. The predicted octanol–water partition coefficient (Wildman–Crippen LogP) is 2.87. The predicted molar refractivity (Wildman–Crippen MR) is 80.3 cm³/mol. The second kappa shape index (κ2) is 7.15. The van der Waals surface area contributed by atoms with Gasteiger partial charge < -0.3 is 4.74 Å². The molecule has 21 heavy (non-hydrogen) atoms. The van der Waals surface area contributed by atoms with Gasteiger partial charge in [-0.3, -0.25) is 10.8 Å². The highest BCUT2D eigenvalue weighted by molar-refractivity contribution is 5.38. The van der Waals surface area contributed by atoms with Crippen molar-refractivity contribution in [2.24, 2.45) is 5.84 Å². The summed E-state index contributed by atoms with van der Waals surface area (Å²) in [6.45, 7) is 4.54. The number of halogens is 1. The third-order valence-electron chi connectivity index (χ3n) is 3.25. The smallest absolute Gasteiger partial charge is 0.137 e. The molecule has 0 aliphatic rings. The van der Waals surface area contributed by atoms with Gasteiger partial charge in [0.15, 0.2) is 0 Å². The normalized spacial score (nSPS) is 12.2. The number of hydrogen-bond acceptors (Lipinski definition) is 4. The van der Waals surface area contributed by atoms with Crippen LogP contribution in [0.25, 0.3) is 0 Å². The highest BCUT2D eigenvalue weighted by atomic mass is 19.1. The SMILES string of the molecule is CCCOc1cncc(C(NN)c2ccc(F)cc2C)c1. The third-order valence-corrected chi connectivity index (χ3v) is 3.25. The lowest BCUT2D eigenvalue weighted by Crippen LogP contribution is -2.29. The molecule has 0 fully saturated rings. The number of aromatic nitrogens is 1. The average molecular weight is 289 g/mol. The summed E-state index contributed by atoms with van der Waals surface area (Å²) in [7, 11) is 0. The van der Waals surface area contributed by atoms with E-state index >= 15 is 0 Å². The summed E-state index contributed by atoms with van der Waals surface area (Å²) < 4.78 is 18.8. The maximum Gasteiger partial charge on any atom is 0.137 e. The molecule has 1 atom stereocenters. The zero-order chi connectivity index (χ0) is 15.2. The molecule has 0 bridgehead atoms. The minimum absolute atomic E-state index is 0.259. The van der Waals surface area contributed by atoms with Crippen LogP contribution in [0.15, 0.2) is 36.7 Å². The van der Waals surface area contributed by atoms with E-state index in [1.54, 1.807) is 18.5 Å². The highest BCUT2D eigenvalue weighted by Crippen LogP contribution is 2.26. The van der Waals surface area contributed by atoms with E-state index < -0.39 is 0 Å². The lowest BCUT2D eigenvalue weighted by Gasteiger charge is -2.19. The molecule has 2 rings (SSSR count). The molecule has 1 aromatic carbocycles. The number of aryl methyl sites for hydroxylation is 1. The Labute approximate surface area is 124 Å². The van der Waals surface area contributed by atoms with E-state index in [1.807, 2.05) is 19.9 Å². The number of ether oxygens (including phenoxy) is 1. The molecule has 3 N–H and O–H groups in total. The largest absolute Gasteiger partial charge is 0.492 e. The Morgan fingerprint density at radius 3 is 2.81 bits per heavy atom. The summed E-state index contributed by atoms with van der Waals surface area (Å²) in [5.74, 6) is 6.13.